The van der Waals surface area contributed by atoms with Crippen molar-refractivity contribution in [2.45, 2.75) is 52.4 Å². The molecule has 2 aromatic rings. The topological polar surface area (TPSA) is 52.6 Å². The van der Waals surface area contributed by atoms with Crippen LogP contribution in [0.15, 0.2) is 48.5 Å². The molecule has 4 nitrogen and oxygen atoms in total. The van der Waals surface area contributed by atoms with Gasteiger partial charge >= 0.3 is 0 Å². The highest BCUT2D eigenvalue weighted by Gasteiger charge is 2.08. The molecule has 2 rings (SSSR count). The minimum absolute atomic E-state index is 0.161. The highest BCUT2D eigenvalue weighted by atomic mass is 16.5. The lowest BCUT2D eigenvalue weighted by molar-refractivity contribution is 0.0966. The average Bonchev–Trinajstić information content (AvgIpc) is 2.72. The Morgan fingerprint density at radius 1 is 0.607 bits per heavy atom. The molecule has 0 amide bonds. The van der Waals surface area contributed by atoms with Gasteiger partial charge in [-0.25, -0.2) is 0 Å². The summed E-state index contributed by atoms with van der Waals surface area (Å²) < 4.78 is 10.8. The molecule has 0 unspecified atom stereocenters. The van der Waals surface area contributed by atoms with Gasteiger partial charge < -0.3 is 9.47 Å². The summed E-state index contributed by atoms with van der Waals surface area (Å²) in [5.41, 5.74) is 1.46. The Kier molecular flexibility index (Phi) is 9.26. The van der Waals surface area contributed by atoms with Crippen LogP contribution in [0.25, 0.3) is 0 Å². The molecule has 0 N–H and O–H groups in total. The standard InChI is InChI=1S/C24H30O4/c1-3-27-21-15-11-19(12-16-21)23(25)9-7-5-6-8-10-24(26)20-13-17-22(18-14-20)28-4-2/h11-18H,3-10H2,1-2H3. The van der Waals surface area contributed by atoms with Gasteiger partial charge in [-0.05, 0) is 75.2 Å². The summed E-state index contributed by atoms with van der Waals surface area (Å²) >= 11 is 0. The maximum Gasteiger partial charge on any atom is 0.162 e. The normalized spacial score (nSPS) is 10.5. The Hall–Kier alpha value is -2.62. The Labute approximate surface area is 167 Å². The van der Waals surface area contributed by atoms with Gasteiger partial charge in [0.15, 0.2) is 11.6 Å². The molecular formula is C24H30O4. The summed E-state index contributed by atoms with van der Waals surface area (Å²) in [6.07, 6.45) is 4.70. The Balaban J connectivity index is 1.62. The number of unbranched alkanes of at least 4 members (excludes halogenated alkanes) is 3. The Morgan fingerprint density at radius 3 is 1.29 bits per heavy atom. The van der Waals surface area contributed by atoms with Gasteiger partial charge in [-0.15, -0.1) is 0 Å². The SMILES string of the molecule is CCOc1ccc(C(=O)CCCCCCC(=O)c2ccc(OCC)cc2)cc1. The molecule has 0 saturated heterocycles. The Bertz CT molecular complexity index is 667. The fraction of sp³-hybridized carbons (Fsp3) is 0.417. The van der Waals surface area contributed by atoms with Crippen molar-refractivity contribution in [2.24, 2.45) is 0 Å². The van der Waals surface area contributed by atoms with Crippen molar-refractivity contribution in [3.05, 3.63) is 59.7 Å². The first-order chi connectivity index (χ1) is 13.6. The van der Waals surface area contributed by atoms with Crippen LogP contribution < -0.4 is 9.47 Å². The fourth-order valence-corrected chi connectivity index (χ4v) is 3.02. The van der Waals surface area contributed by atoms with E-state index in [1.54, 1.807) is 0 Å². The summed E-state index contributed by atoms with van der Waals surface area (Å²) in [7, 11) is 0. The molecule has 0 heterocycles. The molecule has 0 bridgehead atoms. The molecule has 2 aromatic carbocycles. The molecular weight excluding hydrogens is 352 g/mol. The first kappa shape index (κ1) is 21.7. The lowest BCUT2D eigenvalue weighted by atomic mass is 10.0. The fourth-order valence-electron chi connectivity index (χ4n) is 3.02. The van der Waals surface area contributed by atoms with Crippen molar-refractivity contribution in [2.75, 3.05) is 13.2 Å². The maximum atomic E-state index is 12.2. The molecule has 0 spiro atoms. The van der Waals surface area contributed by atoms with Gasteiger partial charge in [0.2, 0.25) is 0 Å². The van der Waals surface area contributed by atoms with Crippen LogP contribution in [-0.4, -0.2) is 24.8 Å². The summed E-state index contributed by atoms with van der Waals surface area (Å²) in [5.74, 6) is 1.90. The summed E-state index contributed by atoms with van der Waals surface area (Å²) in [4.78, 5) is 24.4. The van der Waals surface area contributed by atoms with Crippen molar-refractivity contribution < 1.29 is 19.1 Å². The van der Waals surface area contributed by atoms with Crippen LogP contribution in [0.2, 0.25) is 0 Å². The van der Waals surface area contributed by atoms with Gasteiger partial charge in [-0.3, -0.25) is 9.59 Å². The second kappa shape index (κ2) is 12.0. The lowest BCUT2D eigenvalue weighted by Gasteiger charge is -2.06. The zero-order chi connectivity index (χ0) is 20.2. The molecule has 4 heteroatoms. The van der Waals surface area contributed by atoms with Crippen LogP contribution in [0, 0.1) is 0 Å². The number of Topliss-reactive ketones (excluding diaryl/α,β-unsaturated/α-hetero) is 2. The van der Waals surface area contributed by atoms with Crippen LogP contribution in [0.5, 0.6) is 11.5 Å². The molecule has 0 saturated carbocycles. The third-order valence-electron chi connectivity index (χ3n) is 4.53. The molecule has 0 fully saturated rings. The van der Waals surface area contributed by atoms with Gasteiger partial charge in [-0.1, -0.05) is 12.8 Å². The molecule has 0 radical (unpaired) electrons. The first-order valence-electron chi connectivity index (χ1n) is 10.2. The highest BCUT2D eigenvalue weighted by molar-refractivity contribution is 5.96. The number of ether oxygens (including phenoxy) is 2. The van der Waals surface area contributed by atoms with Gasteiger partial charge in [0.05, 0.1) is 13.2 Å². The van der Waals surface area contributed by atoms with Crippen molar-refractivity contribution >= 4 is 11.6 Å². The second-order valence-electron chi connectivity index (χ2n) is 6.68. The van der Waals surface area contributed by atoms with Crippen LogP contribution in [0.1, 0.15) is 73.1 Å². The predicted octanol–water partition coefficient (Wildman–Crippen LogP) is 5.89. The number of hydrogen-bond acceptors (Lipinski definition) is 4. The third-order valence-corrected chi connectivity index (χ3v) is 4.53. The summed E-state index contributed by atoms with van der Waals surface area (Å²) in [6.45, 7) is 5.11. The van der Waals surface area contributed by atoms with E-state index in [1.165, 1.54) is 0 Å². The van der Waals surface area contributed by atoms with Crippen LogP contribution in [0.4, 0.5) is 0 Å². The number of benzene rings is 2. The van der Waals surface area contributed by atoms with E-state index < -0.39 is 0 Å². The van der Waals surface area contributed by atoms with Crippen molar-refractivity contribution in [1.82, 2.24) is 0 Å². The van der Waals surface area contributed by atoms with E-state index in [0.29, 0.717) is 26.1 Å². The lowest BCUT2D eigenvalue weighted by Crippen LogP contribution is -2.01. The monoisotopic (exact) mass is 382 g/mol. The minimum Gasteiger partial charge on any atom is -0.494 e. The molecule has 0 atom stereocenters. The van der Waals surface area contributed by atoms with Crippen LogP contribution >= 0.6 is 0 Å². The largest absolute Gasteiger partial charge is 0.494 e. The predicted molar refractivity (Wildman–Crippen MR) is 112 cm³/mol. The Morgan fingerprint density at radius 2 is 0.964 bits per heavy atom. The number of carbonyl (C=O) groups is 2. The van der Waals surface area contributed by atoms with E-state index in [2.05, 4.69) is 0 Å². The van der Waals surface area contributed by atoms with Crippen molar-refractivity contribution in [3.63, 3.8) is 0 Å². The summed E-state index contributed by atoms with van der Waals surface area (Å²) in [5, 5.41) is 0. The van der Waals surface area contributed by atoms with E-state index >= 15 is 0 Å². The van der Waals surface area contributed by atoms with E-state index in [-0.39, 0.29) is 11.6 Å². The second-order valence-corrected chi connectivity index (χ2v) is 6.68. The van der Waals surface area contributed by atoms with Crippen molar-refractivity contribution in [1.29, 1.82) is 0 Å². The van der Waals surface area contributed by atoms with Gasteiger partial charge in [0, 0.05) is 24.0 Å². The van der Waals surface area contributed by atoms with Crippen molar-refractivity contribution in [3.8, 4) is 11.5 Å². The smallest absolute Gasteiger partial charge is 0.162 e. The van der Waals surface area contributed by atoms with E-state index in [1.807, 2.05) is 62.4 Å². The average molecular weight is 382 g/mol. The summed E-state index contributed by atoms with van der Waals surface area (Å²) in [6, 6.07) is 14.6. The molecule has 0 aliphatic rings. The third kappa shape index (κ3) is 7.18. The van der Waals surface area contributed by atoms with Gasteiger partial charge in [-0.2, -0.15) is 0 Å². The highest BCUT2D eigenvalue weighted by Crippen LogP contribution is 2.17. The molecule has 150 valence electrons. The molecule has 0 aromatic heterocycles. The molecule has 0 aliphatic heterocycles. The van der Waals surface area contributed by atoms with Crippen LogP contribution in [-0.2, 0) is 0 Å². The van der Waals surface area contributed by atoms with E-state index in [9.17, 15) is 9.59 Å². The zero-order valence-electron chi connectivity index (χ0n) is 16.9. The maximum absolute atomic E-state index is 12.2. The van der Waals surface area contributed by atoms with E-state index in [0.717, 1.165) is 48.3 Å². The first-order valence-corrected chi connectivity index (χ1v) is 10.2. The number of rotatable bonds is 13. The number of ketones is 2. The molecule has 0 aliphatic carbocycles. The molecule has 28 heavy (non-hydrogen) atoms. The van der Waals surface area contributed by atoms with E-state index in [4.69, 9.17) is 9.47 Å². The quantitative estimate of drug-likeness (QED) is 0.320. The van der Waals surface area contributed by atoms with Gasteiger partial charge in [0.1, 0.15) is 11.5 Å². The van der Waals surface area contributed by atoms with Gasteiger partial charge in [0.25, 0.3) is 0 Å². The number of carbonyl (C=O) groups excluding carboxylic acids is 2. The minimum atomic E-state index is 0.161. The zero-order valence-corrected chi connectivity index (χ0v) is 16.9. The van der Waals surface area contributed by atoms with Crippen LogP contribution in [0.3, 0.4) is 0 Å². The number of hydrogen-bond donors (Lipinski definition) is 0.